The Hall–Kier alpha value is -3.62. The van der Waals surface area contributed by atoms with Gasteiger partial charge in [-0.3, -0.25) is 9.69 Å². The maximum absolute atomic E-state index is 14.1. The van der Waals surface area contributed by atoms with E-state index in [-0.39, 0.29) is 18.5 Å². The molecular formula is C30H33N5O2S. The summed E-state index contributed by atoms with van der Waals surface area (Å²) in [6, 6.07) is 24.9. The van der Waals surface area contributed by atoms with Gasteiger partial charge in [0.25, 0.3) is 0 Å². The molecule has 0 bridgehead atoms. The first-order chi connectivity index (χ1) is 18.6. The quantitative estimate of drug-likeness (QED) is 0.369. The molecule has 3 amide bonds. The lowest BCUT2D eigenvalue weighted by molar-refractivity contribution is -0.114. The molecule has 1 aliphatic heterocycles. The highest BCUT2D eigenvalue weighted by molar-refractivity contribution is 8.00. The number of hydrazone groups is 1. The average molecular weight is 528 g/mol. The van der Waals surface area contributed by atoms with Gasteiger partial charge in [0.15, 0.2) is 0 Å². The monoisotopic (exact) mass is 527 g/mol. The van der Waals surface area contributed by atoms with Crippen LogP contribution in [0.25, 0.3) is 0 Å². The number of nitrogens with one attached hydrogen (secondary N) is 1. The minimum absolute atomic E-state index is 0.0901. The number of hydrogen-bond acceptors (Lipinski definition) is 5. The summed E-state index contributed by atoms with van der Waals surface area (Å²) in [6.45, 7) is 0.277. The molecule has 3 N–H and O–H groups in total. The normalized spacial score (nSPS) is 16.0. The highest BCUT2D eigenvalue weighted by Crippen LogP contribution is 2.36. The second kappa shape index (κ2) is 12.3. The van der Waals surface area contributed by atoms with Crippen molar-refractivity contribution in [3.8, 4) is 0 Å². The molecule has 2 aliphatic rings. The number of hydrogen-bond donors (Lipinski definition) is 2. The van der Waals surface area contributed by atoms with E-state index in [2.05, 4.69) is 11.4 Å². The molecule has 0 radical (unpaired) electrons. The van der Waals surface area contributed by atoms with Crippen LogP contribution >= 0.6 is 11.8 Å². The van der Waals surface area contributed by atoms with Crippen LogP contribution in [0, 0.1) is 0 Å². The fourth-order valence-corrected chi connectivity index (χ4v) is 6.20. The smallest absolute Gasteiger partial charge is 0.325 e. The van der Waals surface area contributed by atoms with E-state index in [9.17, 15) is 9.59 Å². The highest BCUT2D eigenvalue weighted by Gasteiger charge is 2.31. The minimum Gasteiger partial charge on any atom is -0.325 e. The van der Waals surface area contributed by atoms with E-state index < -0.39 is 0 Å². The summed E-state index contributed by atoms with van der Waals surface area (Å²) in [6.07, 6.45) is 6.38. The molecule has 38 heavy (non-hydrogen) atoms. The van der Waals surface area contributed by atoms with Gasteiger partial charge in [-0.2, -0.15) is 16.9 Å². The van der Waals surface area contributed by atoms with Crippen LogP contribution in [0.3, 0.4) is 0 Å². The van der Waals surface area contributed by atoms with E-state index in [1.165, 1.54) is 32.1 Å². The lowest BCUT2D eigenvalue weighted by Gasteiger charge is -2.27. The van der Waals surface area contributed by atoms with Crippen molar-refractivity contribution in [2.75, 3.05) is 22.5 Å². The molecule has 1 aliphatic carbocycles. The average Bonchev–Trinajstić information content (AvgIpc) is 3.07. The largest absolute Gasteiger partial charge is 0.349 e. The molecule has 8 heteroatoms. The van der Waals surface area contributed by atoms with Crippen LogP contribution in [-0.4, -0.2) is 40.2 Å². The Labute approximate surface area is 228 Å². The van der Waals surface area contributed by atoms with Crippen LogP contribution in [-0.2, 0) is 11.3 Å². The van der Waals surface area contributed by atoms with E-state index >= 15 is 0 Å². The zero-order valence-electron chi connectivity index (χ0n) is 21.4. The predicted molar refractivity (Wildman–Crippen MR) is 156 cm³/mol. The van der Waals surface area contributed by atoms with E-state index in [1.54, 1.807) is 22.0 Å². The molecule has 0 unspecified atom stereocenters. The van der Waals surface area contributed by atoms with Gasteiger partial charge in [-0.25, -0.2) is 9.80 Å². The van der Waals surface area contributed by atoms with Crippen molar-refractivity contribution in [3.63, 3.8) is 0 Å². The van der Waals surface area contributed by atoms with Crippen LogP contribution < -0.4 is 16.0 Å². The predicted octanol–water partition coefficient (Wildman–Crippen LogP) is 6.13. The number of nitrogens with two attached hydrogens (primary N) is 1. The molecule has 3 aromatic carbocycles. The van der Waals surface area contributed by atoms with Crippen LogP contribution in [0.2, 0.25) is 0 Å². The highest BCUT2D eigenvalue weighted by atomic mass is 32.2. The lowest BCUT2D eigenvalue weighted by Crippen LogP contribution is -2.36. The summed E-state index contributed by atoms with van der Waals surface area (Å²) in [4.78, 5) is 27.6. The molecule has 0 aromatic heterocycles. The van der Waals surface area contributed by atoms with E-state index in [4.69, 9.17) is 10.8 Å². The number of para-hydroxylation sites is 1. The number of urea groups is 1. The third kappa shape index (κ3) is 6.09. The maximum Gasteiger partial charge on any atom is 0.349 e. The SMILES string of the molecule is NCC(=O)Nc1ccc(N2C(=O)N(Cc3ccccc3)N=C(CSC3CCCCC3)c3ccccc32)cc1. The third-order valence-electron chi connectivity index (χ3n) is 6.89. The van der Waals surface area contributed by atoms with Crippen molar-refractivity contribution in [1.29, 1.82) is 0 Å². The lowest BCUT2D eigenvalue weighted by atomic mass is 10.0. The van der Waals surface area contributed by atoms with E-state index in [1.807, 2.05) is 72.4 Å². The summed E-state index contributed by atoms with van der Waals surface area (Å²) in [7, 11) is 0. The Morgan fingerprint density at radius 2 is 1.66 bits per heavy atom. The third-order valence-corrected chi connectivity index (χ3v) is 8.27. The number of fused-ring (bicyclic) bond motifs is 1. The van der Waals surface area contributed by atoms with Crippen LogP contribution in [0.5, 0.6) is 0 Å². The van der Waals surface area contributed by atoms with Gasteiger partial charge in [0, 0.05) is 22.3 Å². The van der Waals surface area contributed by atoms with Crippen LogP contribution in [0.4, 0.5) is 21.9 Å². The van der Waals surface area contributed by atoms with Crippen molar-refractivity contribution in [2.24, 2.45) is 10.8 Å². The molecule has 0 atom stereocenters. The number of amides is 3. The minimum atomic E-state index is -0.267. The Morgan fingerprint density at radius 3 is 2.39 bits per heavy atom. The molecule has 7 nitrogen and oxygen atoms in total. The first-order valence-electron chi connectivity index (χ1n) is 13.2. The second-order valence-electron chi connectivity index (χ2n) is 9.60. The van der Waals surface area contributed by atoms with E-state index in [0.717, 1.165) is 28.3 Å². The molecule has 1 saturated carbocycles. The summed E-state index contributed by atoms with van der Waals surface area (Å²) in [5.41, 5.74) is 10.4. The summed E-state index contributed by atoms with van der Waals surface area (Å²) in [5.74, 6) is 0.481. The van der Waals surface area contributed by atoms with Crippen molar-refractivity contribution < 1.29 is 9.59 Å². The van der Waals surface area contributed by atoms with Gasteiger partial charge in [-0.1, -0.05) is 67.8 Å². The number of rotatable bonds is 8. The zero-order valence-corrected chi connectivity index (χ0v) is 22.2. The molecule has 5 rings (SSSR count). The Bertz CT molecular complexity index is 1290. The van der Waals surface area contributed by atoms with Crippen molar-refractivity contribution in [3.05, 3.63) is 90.0 Å². The van der Waals surface area contributed by atoms with Gasteiger partial charge in [0.2, 0.25) is 5.91 Å². The molecule has 3 aromatic rings. The molecule has 0 spiro atoms. The van der Waals surface area contributed by atoms with Crippen molar-refractivity contribution >= 4 is 46.5 Å². The van der Waals surface area contributed by atoms with Gasteiger partial charge >= 0.3 is 6.03 Å². The van der Waals surface area contributed by atoms with Gasteiger partial charge in [-0.15, -0.1) is 0 Å². The molecule has 1 heterocycles. The Balaban J connectivity index is 1.51. The van der Waals surface area contributed by atoms with Crippen molar-refractivity contribution in [2.45, 2.75) is 43.9 Å². The number of benzene rings is 3. The first-order valence-corrected chi connectivity index (χ1v) is 14.2. The number of anilines is 3. The number of nitrogens with zero attached hydrogens (tertiary/aromatic N) is 3. The standard InChI is InChI=1S/C30H33N5O2S/c31-19-29(36)32-23-15-17-24(18-16-23)35-28-14-8-7-13-26(28)27(21-38-25-11-5-2-6-12-25)33-34(30(35)37)20-22-9-3-1-4-10-22/h1,3-4,7-10,13-18,25H,2,5-6,11-12,19-21,31H2,(H,32,36). The number of carbonyl (C=O) groups excluding carboxylic acids is 2. The van der Waals surface area contributed by atoms with Crippen LogP contribution in [0.15, 0.2) is 84.0 Å². The van der Waals surface area contributed by atoms with Gasteiger partial charge in [0.1, 0.15) is 0 Å². The fourth-order valence-electron chi connectivity index (χ4n) is 4.92. The molecular weight excluding hydrogens is 494 g/mol. The molecule has 196 valence electrons. The number of thioether (sulfide) groups is 1. The van der Waals surface area contributed by atoms with Crippen molar-refractivity contribution in [1.82, 2.24) is 5.01 Å². The summed E-state index contributed by atoms with van der Waals surface area (Å²) >= 11 is 1.96. The first kappa shape index (κ1) is 26.0. The summed E-state index contributed by atoms with van der Waals surface area (Å²) < 4.78 is 0. The summed E-state index contributed by atoms with van der Waals surface area (Å²) in [5, 5.41) is 9.96. The fraction of sp³-hybridized carbons (Fsp3) is 0.300. The zero-order chi connectivity index (χ0) is 26.3. The van der Waals surface area contributed by atoms with E-state index in [0.29, 0.717) is 23.2 Å². The van der Waals surface area contributed by atoms with Gasteiger partial charge in [0.05, 0.1) is 30.2 Å². The Kier molecular flexibility index (Phi) is 8.41. The molecule has 1 fully saturated rings. The number of carbonyl (C=O) groups is 2. The van der Waals surface area contributed by atoms with Gasteiger partial charge < -0.3 is 11.1 Å². The Morgan fingerprint density at radius 1 is 0.947 bits per heavy atom. The topological polar surface area (TPSA) is 91.0 Å². The second-order valence-corrected chi connectivity index (χ2v) is 10.9. The van der Waals surface area contributed by atoms with Crippen LogP contribution in [0.1, 0.15) is 43.2 Å². The van der Waals surface area contributed by atoms with Gasteiger partial charge in [-0.05, 0) is 48.7 Å². The maximum atomic E-state index is 14.1. The molecule has 0 saturated heterocycles.